The smallest absolute Gasteiger partial charge is 0.250 e. The van der Waals surface area contributed by atoms with Crippen molar-refractivity contribution in [1.29, 1.82) is 0 Å². The zero-order valence-corrected chi connectivity index (χ0v) is 21.4. The first-order valence-electron chi connectivity index (χ1n) is 11.7. The fraction of sp³-hybridized carbons (Fsp3) is 0.172. The van der Waals surface area contributed by atoms with Gasteiger partial charge in [-0.25, -0.2) is 4.98 Å². The highest BCUT2D eigenvalue weighted by Gasteiger charge is 2.19. The molecule has 2 aromatic heterocycles. The van der Waals surface area contributed by atoms with Crippen molar-refractivity contribution < 1.29 is 18.7 Å². The predicted octanol–water partition coefficient (Wildman–Crippen LogP) is 7.47. The van der Waals surface area contributed by atoms with E-state index < -0.39 is 0 Å². The molecule has 0 bridgehead atoms. The van der Waals surface area contributed by atoms with Crippen LogP contribution in [-0.2, 0) is 4.79 Å². The number of aromatic nitrogens is 1. The normalized spacial score (nSPS) is 11.7. The quantitative estimate of drug-likeness (QED) is 0.236. The Morgan fingerprint density at radius 3 is 2.72 bits per heavy atom. The molecule has 0 aliphatic rings. The maximum absolute atomic E-state index is 12.9. The lowest BCUT2D eigenvalue weighted by molar-refractivity contribution is -0.111. The second-order valence-electron chi connectivity index (χ2n) is 8.37. The maximum atomic E-state index is 12.9. The van der Waals surface area contributed by atoms with Crippen molar-refractivity contribution >= 4 is 49.1 Å². The molecule has 2 heterocycles. The van der Waals surface area contributed by atoms with Crippen LogP contribution in [0, 0.1) is 6.92 Å². The van der Waals surface area contributed by atoms with Gasteiger partial charge in [0.1, 0.15) is 17.1 Å². The first-order chi connectivity index (χ1) is 17.5. The summed E-state index contributed by atoms with van der Waals surface area (Å²) in [4.78, 5) is 17.4. The van der Waals surface area contributed by atoms with Crippen LogP contribution >= 0.6 is 11.3 Å². The Balaban J connectivity index is 1.47. The molecule has 0 atom stereocenters. The number of amides is 1. The van der Waals surface area contributed by atoms with Crippen LogP contribution in [0.2, 0.25) is 0 Å². The number of carbonyl (C=O) groups excluding carboxylic acids is 1. The number of furan rings is 1. The third-order valence-corrected chi connectivity index (χ3v) is 6.94. The molecule has 0 fully saturated rings. The van der Waals surface area contributed by atoms with Crippen LogP contribution in [0.4, 0.5) is 5.13 Å². The molecule has 7 heteroatoms. The number of rotatable bonds is 7. The lowest BCUT2D eigenvalue weighted by atomic mass is 9.96. The molecule has 182 valence electrons. The van der Waals surface area contributed by atoms with Gasteiger partial charge in [-0.15, -0.1) is 0 Å². The van der Waals surface area contributed by atoms with Crippen molar-refractivity contribution in [2.75, 3.05) is 19.0 Å². The Kier molecular flexibility index (Phi) is 6.48. The van der Waals surface area contributed by atoms with Gasteiger partial charge in [0.05, 0.1) is 30.2 Å². The minimum absolute atomic E-state index is 0.258. The van der Waals surface area contributed by atoms with Crippen LogP contribution in [0.1, 0.15) is 25.0 Å². The summed E-state index contributed by atoms with van der Waals surface area (Å²) >= 11 is 1.41. The topological polar surface area (TPSA) is 73.6 Å². The molecule has 0 saturated heterocycles. The van der Waals surface area contributed by atoms with Crippen LogP contribution in [0.25, 0.3) is 37.9 Å². The summed E-state index contributed by atoms with van der Waals surface area (Å²) in [7, 11) is 1.63. The van der Waals surface area contributed by atoms with E-state index in [-0.39, 0.29) is 5.91 Å². The van der Waals surface area contributed by atoms with Crippen molar-refractivity contribution in [3.05, 3.63) is 78.1 Å². The van der Waals surface area contributed by atoms with E-state index >= 15 is 0 Å². The minimum Gasteiger partial charge on any atom is -0.496 e. The van der Waals surface area contributed by atoms with Crippen molar-refractivity contribution in [2.24, 2.45) is 0 Å². The number of ether oxygens (including phenoxy) is 2. The van der Waals surface area contributed by atoms with E-state index in [0.717, 1.165) is 54.8 Å². The lowest BCUT2D eigenvalue weighted by Gasteiger charge is -2.13. The van der Waals surface area contributed by atoms with E-state index in [1.807, 2.05) is 63.2 Å². The molecule has 36 heavy (non-hydrogen) atoms. The zero-order chi connectivity index (χ0) is 25.2. The summed E-state index contributed by atoms with van der Waals surface area (Å²) in [6, 6.07) is 17.8. The molecule has 0 unspecified atom stereocenters. The first kappa shape index (κ1) is 23.6. The summed E-state index contributed by atoms with van der Waals surface area (Å²) in [6.45, 7) is 6.41. The van der Waals surface area contributed by atoms with Crippen molar-refractivity contribution in [2.45, 2.75) is 20.8 Å². The number of fused-ring (bicyclic) bond motifs is 2. The maximum Gasteiger partial charge on any atom is 0.250 e. The van der Waals surface area contributed by atoms with E-state index in [2.05, 4.69) is 22.4 Å². The number of carbonyl (C=O) groups is 1. The average molecular weight is 499 g/mol. The van der Waals surface area contributed by atoms with Crippen LogP contribution in [0.3, 0.4) is 0 Å². The van der Waals surface area contributed by atoms with E-state index in [1.54, 1.807) is 19.4 Å². The number of hydrogen-bond acceptors (Lipinski definition) is 6. The molecule has 5 rings (SSSR count). The van der Waals surface area contributed by atoms with Gasteiger partial charge in [-0.05, 0) is 56.2 Å². The Bertz CT molecular complexity index is 1600. The number of aryl methyl sites for hydroxylation is 1. The Labute approximate surface area is 213 Å². The molecule has 1 N–H and O–H groups in total. The molecule has 0 radical (unpaired) electrons. The van der Waals surface area contributed by atoms with Crippen molar-refractivity contribution in [3.63, 3.8) is 0 Å². The Morgan fingerprint density at radius 2 is 1.97 bits per heavy atom. The minimum atomic E-state index is -0.258. The fourth-order valence-electron chi connectivity index (χ4n) is 4.34. The highest BCUT2D eigenvalue weighted by molar-refractivity contribution is 7.22. The molecule has 5 aromatic rings. The molecule has 0 spiro atoms. The third kappa shape index (κ3) is 4.45. The number of nitrogens with zero attached hydrogens (tertiary/aromatic N) is 1. The van der Waals surface area contributed by atoms with Gasteiger partial charge in [-0.3, -0.25) is 10.1 Å². The highest BCUT2D eigenvalue weighted by Crippen LogP contribution is 2.40. The summed E-state index contributed by atoms with van der Waals surface area (Å²) in [5.74, 6) is 1.21. The number of thiazole rings is 1. The predicted molar refractivity (Wildman–Crippen MR) is 146 cm³/mol. The van der Waals surface area contributed by atoms with Crippen LogP contribution in [0.5, 0.6) is 11.5 Å². The van der Waals surface area contributed by atoms with E-state index in [1.165, 1.54) is 11.3 Å². The van der Waals surface area contributed by atoms with Crippen molar-refractivity contribution in [3.8, 4) is 22.6 Å². The molecular formula is C29H26N2O4S. The second kappa shape index (κ2) is 9.87. The zero-order valence-electron chi connectivity index (χ0n) is 20.5. The monoisotopic (exact) mass is 498 g/mol. The number of benzene rings is 3. The average Bonchev–Trinajstić information content (AvgIpc) is 3.48. The first-order valence-corrected chi connectivity index (χ1v) is 12.5. The van der Waals surface area contributed by atoms with Gasteiger partial charge in [-0.1, -0.05) is 41.7 Å². The van der Waals surface area contributed by atoms with Gasteiger partial charge < -0.3 is 13.9 Å². The largest absolute Gasteiger partial charge is 0.496 e. The molecule has 0 saturated carbocycles. The van der Waals surface area contributed by atoms with Gasteiger partial charge in [0.15, 0.2) is 5.13 Å². The molecule has 0 aliphatic heterocycles. The number of allylic oxidation sites excluding steroid dienone is 1. The number of anilines is 1. The van der Waals surface area contributed by atoms with Gasteiger partial charge in [0.25, 0.3) is 0 Å². The Hall–Kier alpha value is -4.10. The molecule has 6 nitrogen and oxygen atoms in total. The fourth-order valence-corrected chi connectivity index (χ4v) is 5.24. The number of hydrogen-bond donors (Lipinski definition) is 1. The van der Waals surface area contributed by atoms with Crippen molar-refractivity contribution in [1.82, 2.24) is 4.98 Å². The third-order valence-electron chi connectivity index (χ3n) is 6.01. The number of nitrogens with one attached hydrogen (secondary N) is 1. The standard InChI is InChI=1S/C29H26N2O4S/c1-5-34-20-11-12-24-25(14-20)36-29(30-24)31-26(32)13-17(2)21-15-22-23(19-9-7-6-8-10-19)16-35-28(22)18(3)27(21)33-4/h6-16H,5H2,1-4H3,(H,30,31,32)/b17-13+. The van der Waals surface area contributed by atoms with Crippen LogP contribution in [-0.4, -0.2) is 24.6 Å². The summed E-state index contributed by atoms with van der Waals surface area (Å²) in [6.07, 6.45) is 3.34. The summed E-state index contributed by atoms with van der Waals surface area (Å²) < 4.78 is 18.2. The molecule has 0 aliphatic carbocycles. The summed E-state index contributed by atoms with van der Waals surface area (Å²) in [5.41, 5.74) is 6.14. The van der Waals surface area contributed by atoms with Crippen LogP contribution < -0.4 is 14.8 Å². The Morgan fingerprint density at radius 1 is 1.17 bits per heavy atom. The van der Waals surface area contributed by atoms with E-state index in [4.69, 9.17) is 13.9 Å². The SMILES string of the molecule is CCOc1ccc2nc(NC(=O)/C=C(\C)c3cc4c(-c5ccccc5)coc4c(C)c3OC)sc2c1. The molecule has 1 amide bonds. The van der Waals surface area contributed by atoms with E-state index in [0.29, 0.717) is 17.5 Å². The van der Waals surface area contributed by atoms with Gasteiger partial charge in [0.2, 0.25) is 5.91 Å². The second-order valence-corrected chi connectivity index (χ2v) is 9.40. The highest BCUT2D eigenvalue weighted by atomic mass is 32.1. The van der Waals surface area contributed by atoms with Crippen LogP contribution in [0.15, 0.2) is 71.4 Å². The summed E-state index contributed by atoms with van der Waals surface area (Å²) in [5, 5.41) is 4.40. The van der Waals surface area contributed by atoms with Gasteiger partial charge in [-0.2, -0.15) is 0 Å². The van der Waals surface area contributed by atoms with Gasteiger partial charge in [0, 0.05) is 28.2 Å². The lowest BCUT2D eigenvalue weighted by Crippen LogP contribution is -2.08. The number of methoxy groups -OCH3 is 1. The van der Waals surface area contributed by atoms with E-state index in [9.17, 15) is 4.79 Å². The molecule has 3 aromatic carbocycles. The van der Waals surface area contributed by atoms with Gasteiger partial charge >= 0.3 is 0 Å². The molecular weight excluding hydrogens is 472 g/mol.